The molecule has 3 rings (SSSR count). The molecule has 4 nitrogen and oxygen atoms in total. The first-order valence-corrected chi connectivity index (χ1v) is 6.68. The van der Waals surface area contributed by atoms with Crippen molar-refractivity contribution in [2.45, 2.75) is 19.4 Å². The molecule has 1 saturated carbocycles. The minimum atomic E-state index is 0.0825. The molecule has 1 aliphatic carbocycles. The van der Waals surface area contributed by atoms with E-state index in [1.807, 2.05) is 24.2 Å². The summed E-state index contributed by atoms with van der Waals surface area (Å²) in [6, 6.07) is 4.18. The second-order valence-corrected chi connectivity index (χ2v) is 5.49. The summed E-state index contributed by atoms with van der Waals surface area (Å²) in [5, 5.41) is 0. The zero-order valence-corrected chi connectivity index (χ0v) is 11.0. The fourth-order valence-corrected chi connectivity index (χ4v) is 2.81. The molecule has 1 aliphatic heterocycles. The van der Waals surface area contributed by atoms with Crippen molar-refractivity contribution in [2.24, 2.45) is 18.9 Å². The van der Waals surface area contributed by atoms with Gasteiger partial charge in [0.1, 0.15) is 0 Å². The van der Waals surface area contributed by atoms with E-state index < -0.39 is 0 Å². The van der Waals surface area contributed by atoms with E-state index in [1.54, 1.807) is 0 Å². The van der Waals surface area contributed by atoms with Gasteiger partial charge in [-0.3, -0.25) is 4.79 Å². The van der Waals surface area contributed by atoms with Crippen LogP contribution in [0.3, 0.4) is 0 Å². The predicted molar refractivity (Wildman–Crippen MR) is 68.0 cm³/mol. The van der Waals surface area contributed by atoms with Gasteiger partial charge in [0, 0.05) is 31.4 Å². The highest BCUT2D eigenvalue weighted by atomic mass is 16.5. The maximum absolute atomic E-state index is 12.4. The Morgan fingerprint density at radius 1 is 1.50 bits per heavy atom. The molecular formula is C14H20N2O2. The summed E-state index contributed by atoms with van der Waals surface area (Å²) in [6.45, 7) is 4.15. The Balaban J connectivity index is 1.82. The molecule has 0 unspecified atom stereocenters. The van der Waals surface area contributed by atoms with Gasteiger partial charge in [0.25, 0.3) is 0 Å². The Hall–Kier alpha value is -1.29. The molecule has 0 radical (unpaired) electrons. The van der Waals surface area contributed by atoms with Gasteiger partial charge < -0.3 is 14.2 Å². The number of morpholine rings is 1. The molecular weight excluding hydrogens is 228 g/mol. The Labute approximate surface area is 108 Å². The summed E-state index contributed by atoms with van der Waals surface area (Å²) in [5.74, 6) is 1.14. The van der Waals surface area contributed by atoms with E-state index in [4.69, 9.17) is 4.74 Å². The quantitative estimate of drug-likeness (QED) is 0.796. The number of nitrogens with zero attached hydrogens (tertiary/aromatic N) is 2. The first kappa shape index (κ1) is 11.8. The first-order chi connectivity index (χ1) is 8.68. The first-order valence-electron chi connectivity index (χ1n) is 6.68. The zero-order valence-electron chi connectivity index (χ0n) is 11.0. The number of aromatic nitrogens is 1. The topological polar surface area (TPSA) is 34.5 Å². The summed E-state index contributed by atoms with van der Waals surface area (Å²) in [5.41, 5.74) is 1.16. The van der Waals surface area contributed by atoms with E-state index in [0.717, 1.165) is 18.7 Å². The average molecular weight is 248 g/mol. The highest BCUT2D eigenvalue weighted by Gasteiger charge is 2.44. The van der Waals surface area contributed by atoms with E-state index in [1.165, 1.54) is 0 Å². The number of aryl methyl sites for hydroxylation is 1. The molecule has 98 valence electrons. The van der Waals surface area contributed by atoms with E-state index in [0.29, 0.717) is 25.0 Å². The third kappa shape index (κ3) is 1.94. The molecule has 1 aromatic rings. The van der Waals surface area contributed by atoms with Crippen LogP contribution in [0, 0.1) is 11.8 Å². The van der Waals surface area contributed by atoms with Crippen molar-refractivity contribution in [1.82, 2.24) is 9.47 Å². The van der Waals surface area contributed by atoms with Gasteiger partial charge in [-0.1, -0.05) is 6.92 Å². The summed E-state index contributed by atoms with van der Waals surface area (Å²) in [6.07, 6.45) is 3.07. The van der Waals surface area contributed by atoms with Crippen molar-refractivity contribution in [2.75, 3.05) is 19.8 Å². The Kier molecular flexibility index (Phi) is 2.90. The lowest BCUT2D eigenvalue weighted by molar-refractivity contribution is -0.142. The van der Waals surface area contributed by atoms with Crippen LogP contribution in [0.1, 0.15) is 25.1 Å². The number of amides is 1. The summed E-state index contributed by atoms with van der Waals surface area (Å²) in [7, 11) is 2.02. The van der Waals surface area contributed by atoms with Crippen LogP contribution in [0.15, 0.2) is 18.3 Å². The molecule has 1 saturated heterocycles. The smallest absolute Gasteiger partial charge is 0.226 e. The van der Waals surface area contributed by atoms with Crippen molar-refractivity contribution < 1.29 is 9.53 Å². The van der Waals surface area contributed by atoms with Crippen LogP contribution in [0.4, 0.5) is 0 Å². The number of rotatable bonds is 2. The molecule has 0 bridgehead atoms. The van der Waals surface area contributed by atoms with Crippen LogP contribution in [0.25, 0.3) is 0 Å². The minimum Gasteiger partial charge on any atom is -0.377 e. The second kappa shape index (κ2) is 4.43. The monoisotopic (exact) mass is 248 g/mol. The predicted octanol–water partition coefficient (Wildman–Crippen LogP) is 1.58. The Bertz CT molecular complexity index is 454. The van der Waals surface area contributed by atoms with Crippen molar-refractivity contribution in [1.29, 1.82) is 0 Å². The second-order valence-electron chi connectivity index (χ2n) is 5.49. The van der Waals surface area contributed by atoms with E-state index in [2.05, 4.69) is 17.6 Å². The normalized spacial score (nSPS) is 31.4. The highest BCUT2D eigenvalue weighted by molar-refractivity contribution is 5.82. The van der Waals surface area contributed by atoms with Crippen LogP contribution in [0.5, 0.6) is 0 Å². The van der Waals surface area contributed by atoms with Gasteiger partial charge in [0.15, 0.2) is 0 Å². The van der Waals surface area contributed by atoms with Gasteiger partial charge in [-0.2, -0.15) is 0 Å². The Morgan fingerprint density at radius 3 is 2.89 bits per heavy atom. The molecule has 0 spiro atoms. The lowest BCUT2D eigenvalue weighted by atomic mass is 10.1. The largest absolute Gasteiger partial charge is 0.377 e. The maximum atomic E-state index is 12.4. The SMILES string of the molecule is C[C@@H]1C[C@@H]1C(=O)N1CCOC[C@H]1c1cccn1C. The van der Waals surface area contributed by atoms with Crippen molar-refractivity contribution in [3.63, 3.8) is 0 Å². The molecule has 1 amide bonds. The highest BCUT2D eigenvalue weighted by Crippen LogP contribution is 2.41. The molecule has 0 N–H and O–H groups in total. The number of hydrogen-bond donors (Lipinski definition) is 0. The van der Waals surface area contributed by atoms with Gasteiger partial charge in [0.2, 0.25) is 5.91 Å². The van der Waals surface area contributed by atoms with Gasteiger partial charge >= 0.3 is 0 Å². The molecule has 18 heavy (non-hydrogen) atoms. The van der Waals surface area contributed by atoms with E-state index in [-0.39, 0.29) is 12.0 Å². The third-order valence-corrected chi connectivity index (χ3v) is 4.16. The molecule has 1 aromatic heterocycles. The van der Waals surface area contributed by atoms with Crippen LogP contribution < -0.4 is 0 Å². The van der Waals surface area contributed by atoms with Crippen LogP contribution in [0.2, 0.25) is 0 Å². The lowest BCUT2D eigenvalue weighted by Crippen LogP contribution is -2.44. The van der Waals surface area contributed by atoms with Crippen LogP contribution in [-0.2, 0) is 16.6 Å². The van der Waals surface area contributed by atoms with Gasteiger partial charge in [-0.05, 0) is 24.5 Å². The zero-order chi connectivity index (χ0) is 12.7. The maximum Gasteiger partial charge on any atom is 0.226 e. The summed E-state index contributed by atoms with van der Waals surface area (Å²) < 4.78 is 7.64. The number of ether oxygens (including phenoxy) is 1. The third-order valence-electron chi connectivity index (χ3n) is 4.16. The lowest BCUT2D eigenvalue weighted by Gasteiger charge is -2.36. The average Bonchev–Trinajstić information content (AvgIpc) is 2.95. The molecule has 3 atom stereocenters. The van der Waals surface area contributed by atoms with Gasteiger partial charge in [0.05, 0.1) is 19.3 Å². The molecule has 2 aliphatic rings. The van der Waals surface area contributed by atoms with Crippen molar-refractivity contribution in [3.8, 4) is 0 Å². The molecule has 2 heterocycles. The van der Waals surface area contributed by atoms with Crippen molar-refractivity contribution in [3.05, 3.63) is 24.0 Å². The fraction of sp³-hybridized carbons (Fsp3) is 0.643. The van der Waals surface area contributed by atoms with Gasteiger partial charge in [-0.15, -0.1) is 0 Å². The molecule has 4 heteroatoms. The molecule has 2 fully saturated rings. The summed E-state index contributed by atoms with van der Waals surface area (Å²) >= 11 is 0. The number of hydrogen-bond acceptors (Lipinski definition) is 2. The van der Waals surface area contributed by atoms with Gasteiger partial charge in [-0.25, -0.2) is 0 Å². The fourth-order valence-electron chi connectivity index (χ4n) is 2.81. The van der Waals surface area contributed by atoms with Crippen LogP contribution in [-0.4, -0.2) is 35.1 Å². The summed E-state index contributed by atoms with van der Waals surface area (Å²) in [4.78, 5) is 14.5. The van der Waals surface area contributed by atoms with Crippen LogP contribution >= 0.6 is 0 Å². The standard InChI is InChI=1S/C14H20N2O2/c1-10-8-11(10)14(17)16-6-7-18-9-13(16)12-4-3-5-15(12)2/h3-5,10-11,13H,6-9H2,1-2H3/t10-,11+,13+/m1/s1. The molecule has 0 aromatic carbocycles. The van der Waals surface area contributed by atoms with Crippen molar-refractivity contribution >= 4 is 5.91 Å². The number of carbonyl (C=O) groups is 1. The minimum absolute atomic E-state index is 0.0825. The number of carbonyl (C=O) groups excluding carboxylic acids is 1. The van der Waals surface area contributed by atoms with E-state index >= 15 is 0 Å². The Morgan fingerprint density at radius 2 is 2.28 bits per heavy atom. The van der Waals surface area contributed by atoms with E-state index in [9.17, 15) is 4.79 Å².